The largest absolute Gasteiger partial charge is 0.339 e. The van der Waals surface area contributed by atoms with Crippen LogP contribution in [0.1, 0.15) is 52.9 Å². The summed E-state index contributed by atoms with van der Waals surface area (Å²) in [7, 11) is 1.76. The van der Waals surface area contributed by atoms with Crippen molar-refractivity contribution in [1.82, 2.24) is 15.1 Å². The van der Waals surface area contributed by atoms with Crippen LogP contribution in [-0.2, 0) is 9.59 Å². The molecule has 1 saturated heterocycles. The number of hydrogen-bond acceptors (Lipinski definition) is 4. The first-order valence-electron chi connectivity index (χ1n) is 8.80. The van der Waals surface area contributed by atoms with E-state index in [4.69, 9.17) is 4.99 Å². The molecular formula is C17H30N4O2. The molecule has 2 amide bonds. The lowest BCUT2D eigenvalue weighted by Gasteiger charge is -2.37. The van der Waals surface area contributed by atoms with Crippen molar-refractivity contribution >= 4 is 17.6 Å². The molecule has 0 saturated carbocycles. The number of likely N-dealkylation sites (N-methyl/N-ethyl adjacent to an activating group) is 1. The highest BCUT2D eigenvalue weighted by Crippen LogP contribution is 2.34. The van der Waals surface area contributed by atoms with Gasteiger partial charge in [-0.25, -0.2) is 0 Å². The highest BCUT2D eigenvalue weighted by atomic mass is 16.2. The van der Waals surface area contributed by atoms with Crippen molar-refractivity contribution in [3.8, 4) is 0 Å². The normalized spacial score (nSPS) is 24.7. The third-order valence-electron chi connectivity index (χ3n) is 4.66. The molecule has 0 bridgehead atoms. The third-order valence-corrected chi connectivity index (χ3v) is 4.66. The fraction of sp³-hybridized carbons (Fsp3) is 0.824. The van der Waals surface area contributed by atoms with Gasteiger partial charge in [0.25, 0.3) is 5.91 Å². The Hall–Kier alpha value is -1.43. The Kier molecular flexibility index (Phi) is 5.79. The van der Waals surface area contributed by atoms with Crippen molar-refractivity contribution in [3.05, 3.63) is 0 Å². The summed E-state index contributed by atoms with van der Waals surface area (Å²) in [4.78, 5) is 33.8. The quantitative estimate of drug-likeness (QED) is 0.804. The van der Waals surface area contributed by atoms with Crippen molar-refractivity contribution in [2.24, 2.45) is 4.99 Å². The van der Waals surface area contributed by atoms with Gasteiger partial charge in [-0.1, -0.05) is 13.3 Å². The predicted molar refractivity (Wildman–Crippen MR) is 91.4 cm³/mol. The summed E-state index contributed by atoms with van der Waals surface area (Å²) in [6.45, 7) is 7.66. The molecule has 0 radical (unpaired) electrons. The summed E-state index contributed by atoms with van der Waals surface area (Å²) < 4.78 is 0. The fourth-order valence-corrected chi connectivity index (χ4v) is 3.51. The maximum atomic E-state index is 13.1. The number of carbonyl (C=O) groups is 2. The van der Waals surface area contributed by atoms with Gasteiger partial charge < -0.3 is 10.2 Å². The van der Waals surface area contributed by atoms with Crippen LogP contribution < -0.4 is 5.32 Å². The van der Waals surface area contributed by atoms with Crippen LogP contribution in [0.25, 0.3) is 0 Å². The lowest BCUT2D eigenvalue weighted by Crippen LogP contribution is -2.56. The van der Waals surface area contributed by atoms with E-state index in [1.807, 2.05) is 18.7 Å². The van der Waals surface area contributed by atoms with Gasteiger partial charge in [0, 0.05) is 19.0 Å². The zero-order chi connectivity index (χ0) is 17.0. The first-order chi connectivity index (χ1) is 10.9. The van der Waals surface area contributed by atoms with Gasteiger partial charge in [-0.15, -0.1) is 0 Å². The number of rotatable bonds is 6. The van der Waals surface area contributed by atoms with Gasteiger partial charge in [-0.3, -0.25) is 19.5 Å². The third kappa shape index (κ3) is 3.57. The minimum absolute atomic E-state index is 0.0488. The van der Waals surface area contributed by atoms with E-state index >= 15 is 0 Å². The monoisotopic (exact) mass is 322 g/mol. The summed E-state index contributed by atoms with van der Waals surface area (Å²) in [6.07, 6.45) is 4.53. The molecular weight excluding hydrogens is 292 g/mol. The number of nitrogens with zero attached hydrogens (tertiary/aromatic N) is 3. The lowest BCUT2D eigenvalue weighted by molar-refractivity contribution is -0.138. The van der Waals surface area contributed by atoms with Gasteiger partial charge >= 0.3 is 0 Å². The molecule has 2 aliphatic heterocycles. The zero-order valence-electron chi connectivity index (χ0n) is 14.9. The molecule has 1 atom stereocenters. The van der Waals surface area contributed by atoms with Gasteiger partial charge in [0.1, 0.15) is 5.84 Å². The number of likely N-dealkylation sites (tertiary alicyclic amines) is 1. The molecule has 2 aliphatic rings. The first-order valence-corrected chi connectivity index (χ1v) is 8.80. The van der Waals surface area contributed by atoms with Crippen molar-refractivity contribution in [2.45, 2.75) is 64.5 Å². The summed E-state index contributed by atoms with van der Waals surface area (Å²) in [5.74, 6) is 1.04. The van der Waals surface area contributed by atoms with Gasteiger partial charge in [0.2, 0.25) is 5.91 Å². The van der Waals surface area contributed by atoms with Crippen LogP contribution in [0.2, 0.25) is 0 Å². The molecule has 6 heteroatoms. The van der Waals surface area contributed by atoms with E-state index in [1.165, 1.54) is 0 Å². The van der Waals surface area contributed by atoms with E-state index in [1.54, 1.807) is 11.9 Å². The second-order valence-corrected chi connectivity index (χ2v) is 6.88. The predicted octanol–water partition coefficient (Wildman–Crippen LogP) is 1.41. The van der Waals surface area contributed by atoms with Crippen LogP contribution in [0.4, 0.5) is 0 Å². The van der Waals surface area contributed by atoms with Gasteiger partial charge in [0.05, 0.1) is 13.1 Å². The molecule has 2 rings (SSSR count). The topological polar surface area (TPSA) is 65.0 Å². The van der Waals surface area contributed by atoms with Gasteiger partial charge in [-0.05, 0) is 40.2 Å². The van der Waals surface area contributed by atoms with E-state index in [0.717, 1.165) is 44.5 Å². The molecule has 1 N–H and O–H groups in total. The van der Waals surface area contributed by atoms with Gasteiger partial charge in [-0.2, -0.15) is 0 Å². The number of amidine groups is 1. The average molecular weight is 322 g/mol. The number of nitrogens with one attached hydrogen (secondary N) is 1. The maximum absolute atomic E-state index is 13.1. The fourth-order valence-electron chi connectivity index (χ4n) is 3.51. The second kappa shape index (κ2) is 7.43. The smallest absolute Gasteiger partial charge is 0.257 e. The van der Waals surface area contributed by atoms with Crippen LogP contribution in [0.15, 0.2) is 4.99 Å². The highest BCUT2D eigenvalue weighted by Gasteiger charge is 2.51. The minimum Gasteiger partial charge on any atom is -0.339 e. The Morgan fingerprint density at radius 1 is 1.43 bits per heavy atom. The molecule has 130 valence electrons. The van der Waals surface area contributed by atoms with E-state index in [0.29, 0.717) is 13.1 Å². The van der Waals surface area contributed by atoms with Crippen LogP contribution in [0.5, 0.6) is 0 Å². The van der Waals surface area contributed by atoms with E-state index in [-0.39, 0.29) is 17.9 Å². The van der Waals surface area contributed by atoms with Crippen LogP contribution in [0.3, 0.4) is 0 Å². The van der Waals surface area contributed by atoms with Crippen LogP contribution in [-0.4, -0.2) is 65.7 Å². The summed E-state index contributed by atoms with van der Waals surface area (Å²) in [6, 6.07) is 0.112. The molecule has 0 aliphatic carbocycles. The molecule has 0 aromatic carbocycles. The molecule has 1 unspecified atom stereocenters. The number of piperidine rings is 1. The Balaban J connectivity index is 2.23. The van der Waals surface area contributed by atoms with E-state index in [2.05, 4.69) is 12.2 Å². The summed E-state index contributed by atoms with van der Waals surface area (Å²) in [5, 5.41) is 2.90. The van der Waals surface area contributed by atoms with Crippen molar-refractivity contribution in [2.75, 3.05) is 26.7 Å². The molecule has 23 heavy (non-hydrogen) atoms. The van der Waals surface area contributed by atoms with Crippen molar-refractivity contribution in [3.63, 3.8) is 0 Å². The first kappa shape index (κ1) is 17.9. The molecule has 1 fully saturated rings. The number of amides is 2. The molecule has 2 heterocycles. The number of carbonyl (C=O) groups excluding carboxylic acids is 2. The molecule has 0 aromatic heterocycles. The Bertz CT molecular complexity index is 489. The van der Waals surface area contributed by atoms with Crippen molar-refractivity contribution < 1.29 is 9.59 Å². The Morgan fingerprint density at radius 3 is 2.78 bits per heavy atom. The summed E-state index contributed by atoms with van der Waals surface area (Å²) >= 11 is 0. The van der Waals surface area contributed by atoms with E-state index in [9.17, 15) is 9.59 Å². The Labute approximate surface area is 139 Å². The minimum atomic E-state index is -0.741. The van der Waals surface area contributed by atoms with E-state index < -0.39 is 5.54 Å². The SMILES string of the molecule is CCCCC1=NC2(CCCN(C(=O)CNC)C2)C(=O)N1C(C)C. The zero-order valence-corrected chi connectivity index (χ0v) is 14.9. The van der Waals surface area contributed by atoms with Crippen LogP contribution >= 0.6 is 0 Å². The maximum Gasteiger partial charge on any atom is 0.257 e. The molecule has 0 aromatic rings. The lowest BCUT2D eigenvalue weighted by atomic mass is 9.88. The number of aliphatic imine (C=N–C) groups is 1. The van der Waals surface area contributed by atoms with Crippen molar-refractivity contribution in [1.29, 1.82) is 0 Å². The molecule has 1 spiro atoms. The molecule has 6 nitrogen and oxygen atoms in total. The van der Waals surface area contributed by atoms with Gasteiger partial charge in [0.15, 0.2) is 5.54 Å². The average Bonchev–Trinajstić information content (AvgIpc) is 2.77. The van der Waals surface area contributed by atoms with Crippen LogP contribution in [0, 0.1) is 0 Å². The standard InChI is InChI=1S/C17H30N4O2/c1-5-6-8-14-19-17(16(23)21(14)13(2)3)9-7-10-20(12-17)15(22)11-18-4/h13,18H,5-12H2,1-4H3. The number of hydrogen-bond donors (Lipinski definition) is 1. The highest BCUT2D eigenvalue weighted by molar-refractivity contribution is 6.09. The second-order valence-electron chi connectivity index (χ2n) is 6.88. The number of unbranched alkanes of at least 4 members (excludes halogenated alkanes) is 1. The Morgan fingerprint density at radius 2 is 2.17 bits per heavy atom. The summed E-state index contributed by atoms with van der Waals surface area (Å²) in [5.41, 5.74) is -0.741.